The van der Waals surface area contributed by atoms with E-state index < -0.39 is 6.10 Å². The Morgan fingerprint density at radius 3 is 2.71 bits per heavy atom. The highest BCUT2D eigenvalue weighted by Gasteiger charge is 2.26. The van der Waals surface area contributed by atoms with Crippen LogP contribution in [0.4, 0.5) is 0 Å². The molecule has 2 heterocycles. The van der Waals surface area contributed by atoms with Crippen LogP contribution in [0, 0.1) is 6.92 Å². The maximum Gasteiger partial charge on any atom is 0.191 e. The molecule has 3 unspecified atom stereocenters. The first-order chi connectivity index (χ1) is 14.6. The summed E-state index contributed by atoms with van der Waals surface area (Å²) in [5.41, 5.74) is 2.09. The van der Waals surface area contributed by atoms with E-state index in [1.165, 1.54) is 10.4 Å². The predicted molar refractivity (Wildman–Crippen MR) is 140 cm³/mol. The molecule has 0 bridgehead atoms. The number of benzene rings is 1. The van der Waals surface area contributed by atoms with Gasteiger partial charge in [0.2, 0.25) is 0 Å². The van der Waals surface area contributed by atoms with E-state index in [-0.39, 0.29) is 36.1 Å². The van der Waals surface area contributed by atoms with Gasteiger partial charge < -0.3 is 20.5 Å². The maximum absolute atomic E-state index is 10.5. The Labute approximate surface area is 207 Å². The molecule has 0 spiro atoms. The van der Waals surface area contributed by atoms with Crippen LogP contribution < -0.4 is 10.6 Å². The van der Waals surface area contributed by atoms with E-state index in [2.05, 4.69) is 40.0 Å². The van der Waals surface area contributed by atoms with Crippen molar-refractivity contribution >= 4 is 41.3 Å². The zero-order valence-corrected chi connectivity index (χ0v) is 21.7. The van der Waals surface area contributed by atoms with Gasteiger partial charge in [0.05, 0.1) is 31.4 Å². The Morgan fingerprint density at radius 2 is 2.06 bits per heavy atom. The average molecular weight is 559 g/mol. The average Bonchev–Trinajstić information content (AvgIpc) is 3.27. The number of aryl methyl sites for hydroxylation is 1. The number of nitrogens with zero attached hydrogens (tertiary/aromatic N) is 2. The van der Waals surface area contributed by atoms with E-state index in [4.69, 9.17) is 9.73 Å². The fraction of sp³-hybridized carbons (Fsp3) is 0.522. The molecule has 1 saturated heterocycles. The van der Waals surface area contributed by atoms with Gasteiger partial charge in [0, 0.05) is 31.1 Å². The minimum absolute atomic E-state index is 0. The predicted octanol–water partition coefficient (Wildman–Crippen LogP) is 3.73. The van der Waals surface area contributed by atoms with E-state index in [0.717, 1.165) is 37.8 Å². The number of halogens is 1. The third-order valence-electron chi connectivity index (χ3n) is 5.28. The van der Waals surface area contributed by atoms with E-state index in [9.17, 15) is 5.11 Å². The number of aliphatic imine (C=N–C) groups is 1. The van der Waals surface area contributed by atoms with Crippen molar-refractivity contribution in [3.63, 3.8) is 0 Å². The van der Waals surface area contributed by atoms with E-state index in [0.29, 0.717) is 13.1 Å². The minimum atomic E-state index is -0.581. The molecule has 3 N–H and O–H groups in total. The van der Waals surface area contributed by atoms with Gasteiger partial charge in [-0.25, -0.2) is 0 Å². The van der Waals surface area contributed by atoms with Gasteiger partial charge >= 0.3 is 0 Å². The molecule has 0 aliphatic carbocycles. The molecule has 31 heavy (non-hydrogen) atoms. The lowest BCUT2D eigenvalue weighted by atomic mass is 10.1. The van der Waals surface area contributed by atoms with Gasteiger partial charge in [-0.15, -0.1) is 35.3 Å². The van der Waals surface area contributed by atoms with Gasteiger partial charge in [-0.2, -0.15) is 0 Å². The Kier molecular flexibility index (Phi) is 11.2. The van der Waals surface area contributed by atoms with Gasteiger partial charge in [-0.3, -0.25) is 9.89 Å². The van der Waals surface area contributed by atoms with Crippen molar-refractivity contribution < 1.29 is 9.84 Å². The van der Waals surface area contributed by atoms with Crippen molar-refractivity contribution in [3.8, 4) is 0 Å². The largest absolute Gasteiger partial charge is 0.387 e. The van der Waals surface area contributed by atoms with Crippen LogP contribution in [0.2, 0.25) is 0 Å². The van der Waals surface area contributed by atoms with Gasteiger partial charge in [0.25, 0.3) is 0 Å². The van der Waals surface area contributed by atoms with Gasteiger partial charge in [-0.05, 0) is 37.8 Å². The summed E-state index contributed by atoms with van der Waals surface area (Å²) in [7, 11) is 0. The monoisotopic (exact) mass is 558 g/mol. The SMILES string of the molecule is CCNC(=NCC(c1cccs1)N1CCOC(C)C1)NCC(O)c1ccc(C)cc1.I. The minimum Gasteiger partial charge on any atom is -0.387 e. The molecule has 3 rings (SSSR count). The second-order valence-corrected chi connectivity index (χ2v) is 8.71. The quantitative estimate of drug-likeness (QED) is 0.262. The van der Waals surface area contributed by atoms with E-state index >= 15 is 0 Å². The molecule has 1 aromatic heterocycles. The van der Waals surface area contributed by atoms with Crippen molar-refractivity contribution in [3.05, 3.63) is 57.8 Å². The topological polar surface area (TPSA) is 69.1 Å². The highest BCUT2D eigenvalue weighted by Crippen LogP contribution is 2.27. The van der Waals surface area contributed by atoms with Crippen molar-refractivity contribution in [1.82, 2.24) is 15.5 Å². The zero-order valence-electron chi connectivity index (χ0n) is 18.6. The number of nitrogens with one attached hydrogen (secondary N) is 2. The molecule has 0 amide bonds. The van der Waals surface area contributed by atoms with E-state index in [1.807, 2.05) is 38.1 Å². The van der Waals surface area contributed by atoms with Crippen LogP contribution in [0.25, 0.3) is 0 Å². The molecule has 1 aliphatic rings. The molecule has 0 saturated carbocycles. The fourth-order valence-electron chi connectivity index (χ4n) is 3.61. The summed E-state index contributed by atoms with van der Waals surface area (Å²) in [6.07, 6.45) is -0.344. The summed E-state index contributed by atoms with van der Waals surface area (Å²) in [6.45, 7) is 10.6. The Bertz CT molecular complexity index is 785. The Hall–Kier alpha value is -1.20. The number of aliphatic hydroxyl groups is 1. The van der Waals surface area contributed by atoms with Crippen molar-refractivity contribution in [1.29, 1.82) is 0 Å². The normalized spacial score (nSPS) is 19.4. The van der Waals surface area contributed by atoms with Crippen LogP contribution in [-0.2, 0) is 4.74 Å². The number of aliphatic hydroxyl groups excluding tert-OH is 1. The first kappa shape index (κ1) is 26.1. The fourth-order valence-corrected chi connectivity index (χ4v) is 4.47. The smallest absolute Gasteiger partial charge is 0.191 e. The van der Waals surface area contributed by atoms with E-state index in [1.54, 1.807) is 11.3 Å². The zero-order chi connectivity index (χ0) is 21.3. The molecule has 2 aromatic rings. The highest BCUT2D eigenvalue weighted by atomic mass is 127. The second-order valence-electron chi connectivity index (χ2n) is 7.73. The summed E-state index contributed by atoms with van der Waals surface area (Å²) in [6, 6.07) is 12.5. The number of hydrogen-bond acceptors (Lipinski definition) is 5. The number of morpholine rings is 1. The van der Waals surface area contributed by atoms with Crippen LogP contribution >= 0.6 is 35.3 Å². The molecule has 6 nitrogen and oxygen atoms in total. The highest BCUT2D eigenvalue weighted by molar-refractivity contribution is 14.0. The van der Waals surface area contributed by atoms with Crippen LogP contribution in [0.15, 0.2) is 46.8 Å². The molecule has 1 aromatic carbocycles. The summed E-state index contributed by atoms with van der Waals surface area (Å²) in [5, 5.41) is 19.2. The van der Waals surface area contributed by atoms with Crippen molar-refractivity contribution in [2.45, 2.75) is 39.0 Å². The first-order valence-electron chi connectivity index (χ1n) is 10.7. The molecule has 8 heteroatoms. The van der Waals surface area contributed by atoms with Gasteiger partial charge in [0.15, 0.2) is 5.96 Å². The second kappa shape index (κ2) is 13.4. The third kappa shape index (κ3) is 8.02. The third-order valence-corrected chi connectivity index (χ3v) is 6.25. The van der Waals surface area contributed by atoms with Crippen LogP contribution in [0.5, 0.6) is 0 Å². The molecule has 3 atom stereocenters. The van der Waals surface area contributed by atoms with Crippen molar-refractivity contribution in [2.75, 3.05) is 39.3 Å². The molecule has 0 radical (unpaired) electrons. The number of rotatable bonds is 8. The lowest BCUT2D eigenvalue weighted by molar-refractivity contribution is -0.0327. The number of guanidine groups is 1. The number of ether oxygens (including phenoxy) is 1. The standard InChI is InChI=1S/C23H34N4O2S.HI/c1-4-24-23(26-15-21(28)19-9-7-17(2)8-10-19)25-14-20(22-6-5-13-30-22)27-11-12-29-18(3)16-27;/h5-10,13,18,20-21,28H,4,11-12,14-16H2,1-3H3,(H2,24,25,26);1H. The molecular formula is C23H35IN4O2S. The van der Waals surface area contributed by atoms with Crippen molar-refractivity contribution in [2.24, 2.45) is 4.99 Å². The molecular weight excluding hydrogens is 523 g/mol. The number of thiophene rings is 1. The summed E-state index contributed by atoms with van der Waals surface area (Å²) in [5.74, 6) is 0.728. The Morgan fingerprint density at radius 1 is 1.29 bits per heavy atom. The summed E-state index contributed by atoms with van der Waals surface area (Å²) < 4.78 is 5.73. The molecule has 172 valence electrons. The molecule has 1 aliphatic heterocycles. The summed E-state index contributed by atoms with van der Waals surface area (Å²) in [4.78, 5) is 8.65. The van der Waals surface area contributed by atoms with Gasteiger partial charge in [-0.1, -0.05) is 35.9 Å². The van der Waals surface area contributed by atoms with Crippen LogP contribution in [0.1, 0.15) is 42.0 Å². The lowest BCUT2D eigenvalue weighted by Gasteiger charge is -2.36. The van der Waals surface area contributed by atoms with Crippen LogP contribution in [-0.4, -0.2) is 61.4 Å². The number of hydrogen-bond donors (Lipinski definition) is 3. The lowest BCUT2D eigenvalue weighted by Crippen LogP contribution is -2.44. The first-order valence-corrected chi connectivity index (χ1v) is 11.6. The van der Waals surface area contributed by atoms with Crippen LogP contribution in [0.3, 0.4) is 0 Å². The molecule has 1 fully saturated rings. The van der Waals surface area contributed by atoms with Gasteiger partial charge in [0.1, 0.15) is 0 Å². The Balaban J connectivity index is 0.00000341. The summed E-state index contributed by atoms with van der Waals surface area (Å²) >= 11 is 1.78. The maximum atomic E-state index is 10.5.